The van der Waals surface area contributed by atoms with Gasteiger partial charge in [-0.15, -0.1) is 0 Å². The van der Waals surface area contributed by atoms with Gasteiger partial charge in [0.2, 0.25) is 0 Å². The van der Waals surface area contributed by atoms with E-state index in [0.717, 1.165) is 128 Å². The van der Waals surface area contributed by atoms with Crippen LogP contribution in [0.4, 0.5) is 0 Å². The van der Waals surface area contributed by atoms with Gasteiger partial charge in [0.15, 0.2) is 24.6 Å². The second-order valence-electron chi connectivity index (χ2n) is 21.7. The lowest BCUT2D eigenvalue weighted by atomic mass is 9.98. The van der Waals surface area contributed by atoms with Crippen LogP contribution in [0.5, 0.6) is 0 Å². The topological polar surface area (TPSA) is 175 Å². The number of esters is 3. The molecule has 1 saturated heterocycles. The summed E-state index contributed by atoms with van der Waals surface area (Å²) in [6.45, 7) is 5.82. The molecule has 1 heterocycles. The normalized spacial score (nSPS) is 18.4. The van der Waals surface area contributed by atoms with Crippen LogP contribution in [0.15, 0.2) is 97.2 Å². The van der Waals surface area contributed by atoms with E-state index >= 15 is 0 Å². The zero-order chi connectivity index (χ0) is 58.9. The highest BCUT2D eigenvalue weighted by molar-refractivity contribution is 5.74. The van der Waals surface area contributed by atoms with Crippen LogP contribution in [-0.2, 0) is 42.9 Å². The van der Waals surface area contributed by atoms with E-state index in [4.69, 9.17) is 23.7 Å². The average molecular weight is 1140 g/mol. The summed E-state index contributed by atoms with van der Waals surface area (Å²) in [6, 6.07) is 0. The summed E-state index contributed by atoms with van der Waals surface area (Å²) in [7, 11) is 0. The van der Waals surface area contributed by atoms with Gasteiger partial charge in [-0.1, -0.05) is 221 Å². The van der Waals surface area contributed by atoms with Crippen molar-refractivity contribution >= 4 is 23.9 Å². The van der Waals surface area contributed by atoms with Crippen molar-refractivity contribution < 1.29 is 58.2 Å². The number of hydrogen-bond donors (Lipinski definition) is 3. The van der Waals surface area contributed by atoms with E-state index in [1.54, 1.807) is 0 Å². The van der Waals surface area contributed by atoms with E-state index in [-0.39, 0.29) is 25.9 Å². The Balaban J connectivity index is 2.68. The highest BCUT2D eigenvalue weighted by atomic mass is 16.7. The summed E-state index contributed by atoms with van der Waals surface area (Å²) in [4.78, 5) is 51.3. The van der Waals surface area contributed by atoms with E-state index in [2.05, 4.69) is 118 Å². The molecule has 6 unspecified atom stereocenters. The lowest BCUT2D eigenvalue weighted by Gasteiger charge is -2.40. The molecule has 3 N–H and O–H groups in total. The van der Waals surface area contributed by atoms with E-state index in [0.29, 0.717) is 19.3 Å². The van der Waals surface area contributed by atoms with Gasteiger partial charge >= 0.3 is 23.9 Å². The number of unbranched alkanes of at least 4 members (excludes halogenated alkanes) is 24. The van der Waals surface area contributed by atoms with Crippen LogP contribution in [0.1, 0.15) is 265 Å². The maximum Gasteiger partial charge on any atom is 0.335 e. The molecule has 1 aliphatic heterocycles. The van der Waals surface area contributed by atoms with Gasteiger partial charge in [0.05, 0.1) is 6.61 Å². The van der Waals surface area contributed by atoms with Gasteiger partial charge in [-0.3, -0.25) is 14.4 Å². The first-order chi connectivity index (χ1) is 39.6. The number of ether oxygens (including phenoxy) is 5. The minimum Gasteiger partial charge on any atom is -0.479 e. The van der Waals surface area contributed by atoms with Crippen LogP contribution in [0, 0.1) is 0 Å². The number of aliphatic carboxylic acids is 1. The number of carbonyl (C=O) groups is 4. The highest BCUT2D eigenvalue weighted by Gasteiger charge is 2.50. The first-order valence-corrected chi connectivity index (χ1v) is 32.2. The summed E-state index contributed by atoms with van der Waals surface area (Å²) in [5, 5.41) is 31.6. The molecule has 0 aromatic rings. The third-order valence-corrected chi connectivity index (χ3v) is 14.1. The molecule has 12 nitrogen and oxygen atoms in total. The predicted molar refractivity (Wildman–Crippen MR) is 331 cm³/mol. The first-order valence-electron chi connectivity index (χ1n) is 32.2. The molecule has 0 spiro atoms. The molecule has 1 fully saturated rings. The minimum atomic E-state index is -1.92. The van der Waals surface area contributed by atoms with Crippen molar-refractivity contribution in [2.75, 3.05) is 13.2 Å². The molecule has 1 aliphatic rings. The third kappa shape index (κ3) is 45.8. The Hall–Kier alpha value is -4.36. The molecule has 0 saturated carbocycles. The summed E-state index contributed by atoms with van der Waals surface area (Å²) >= 11 is 0. The molecule has 12 heteroatoms. The number of rotatable bonds is 54. The zero-order valence-corrected chi connectivity index (χ0v) is 51.0. The number of carbonyl (C=O) groups excluding carboxylic acids is 3. The number of aliphatic hydroxyl groups excluding tert-OH is 2. The zero-order valence-electron chi connectivity index (χ0n) is 51.0. The van der Waals surface area contributed by atoms with Crippen molar-refractivity contribution in [2.24, 2.45) is 0 Å². The molecule has 0 aromatic carbocycles. The summed E-state index contributed by atoms with van der Waals surface area (Å²) < 4.78 is 28.5. The molecule has 0 aromatic heterocycles. The van der Waals surface area contributed by atoms with Crippen molar-refractivity contribution in [1.29, 1.82) is 0 Å². The van der Waals surface area contributed by atoms with Gasteiger partial charge in [0.1, 0.15) is 18.8 Å². The monoisotopic (exact) mass is 1130 g/mol. The SMILES string of the molecule is CC/C=C\C/C=C\C/C=C\C/C=C\CCCCCCC(=O)OC1C(OCC(COC(=O)CCCCCCCCCCC/C=C\C/C=C\CCCCC)OC(=O)CCCCCCC/C=C\C/C=C\CCCCC)OC(C(=O)O)C(O)C1O. The van der Waals surface area contributed by atoms with E-state index in [9.17, 15) is 34.5 Å². The highest BCUT2D eigenvalue weighted by Crippen LogP contribution is 2.26. The molecule has 81 heavy (non-hydrogen) atoms. The Labute approximate surface area is 492 Å². The van der Waals surface area contributed by atoms with Gasteiger partial charge in [-0.25, -0.2) is 4.79 Å². The molecule has 6 atom stereocenters. The fourth-order valence-corrected chi connectivity index (χ4v) is 9.18. The first kappa shape index (κ1) is 74.7. The number of allylic oxidation sites excluding steroid dienone is 16. The van der Waals surface area contributed by atoms with Crippen LogP contribution in [0.25, 0.3) is 0 Å². The standard InChI is InChI=1S/C69H114O12/c1-4-7-10-13-16-19-22-25-28-30-31-33-35-37-40-43-46-49-52-55-61(70)77-58-60(79-62(71)56-53-50-47-44-41-38-34-27-24-21-18-15-12-9-6-3)59-78-69-67(65(74)64(73)66(81-69)68(75)76)80-63(72)57-54-51-48-45-42-39-36-32-29-26-23-20-17-14-11-8-5-2/h8,11,16-21,25-29,34,36,39,60,64-67,69,73-74H,4-7,9-10,12-15,22-24,30-33,35,37-38,40-59H2,1-3H3,(H,75,76)/b11-8-,19-16-,20-17-,21-18-,28-25-,29-26-,34-27-,39-36-. The second kappa shape index (κ2) is 56.1. The Morgan fingerprint density at radius 3 is 1.19 bits per heavy atom. The Bertz CT molecular complexity index is 1780. The smallest absolute Gasteiger partial charge is 0.335 e. The predicted octanol–water partition coefficient (Wildman–Crippen LogP) is 17.2. The van der Waals surface area contributed by atoms with E-state index in [1.165, 1.54) is 77.0 Å². The molecule has 462 valence electrons. The number of carboxylic acid groups (broad SMARTS) is 1. The third-order valence-electron chi connectivity index (χ3n) is 14.1. The van der Waals surface area contributed by atoms with Crippen molar-refractivity contribution in [3.05, 3.63) is 97.2 Å². The lowest BCUT2D eigenvalue weighted by Crippen LogP contribution is -2.61. The number of carboxylic acids is 1. The molecular formula is C69H114O12. The Morgan fingerprint density at radius 1 is 0.420 bits per heavy atom. The van der Waals surface area contributed by atoms with Crippen LogP contribution >= 0.6 is 0 Å². The Morgan fingerprint density at radius 2 is 0.778 bits per heavy atom. The molecule has 0 radical (unpaired) electrons. The maximum absolute atomic E-state index is 13.2. The van der Waals surface area contributed by atoms with Gasteiger partial charge in [0, 0.05) is 19.3 Å². The summed E-state index contributed by atoms with van der Waals surface area (Å²) in [5.41, 5.74) is 0. The average Bonchev–Trinajstić information content (AvgIpc) is 3.53. The Kier molecular flexibility index (Phi) is 51.7. The van der Waals surface area contributed by atoms with Crippen molar-refractivity contribution in [1.82, 2.24) is 0 Å². The fourth-order valence-electron chi connectivity index (χ4n) is 9.18. The number of hydrogen-bond acceptors (Lipinski definition) is 11. The molecule has 0 amide bonds. The van der Waals surface area contributed by atoms with Crippen LogP contribution < -0.4 is 0 Å². The van der Waals surface area contributed by atoms with Crippen LogP contribution in [-0.4, -0.2) is 89.2 Å². The van der Waals surface area contributed by atoms with Crippen LogP contribution in [0.2, 0.25) is 0 Å². The largest absolute Gasteiger partial charge is 0.479 e. The van der Waals surface area contributed by atoms with Gasteiger partial charge in [-0.05, 0) is 122 Å². The lowest BCUT2D eigenvalue weighted by molar-refractivity contribution is -0.301. The van der Waals surface area contributed by atoms with Gasteiger partial charge < -0.3 is 39.0 Å². The van der Waals surface area contributed by atoms with Crippen molar-refractivity contribution in [2.45, 2.75) is 302 Å². The minimum absolute atomic E-state index is 0.0268. The molecular weight excluding hydrogens is 1020 g/mol. The van der Waals surface area contributed by atoms with E-state index < -0.39 is 67.3 Å². The fraction of sp³-hybridized carbons (Fsp3) is 0.710. The molecule has 0 bridgehead atoms. The number of aliphatic hydroxyl groups is 2. The van der Waals surface area contributed by atoms with Crippen LogP contribution in [0.3, 0.4) is 0 Å². The summed E-state index contributed by atoms with van der Waals surface area (Å²) in [5.74, 6) is -3.17. The second-order valence-corrected chi connectivity index (χ2v) is 21.7. The summed E-state index contributed by atoms with van der Waals surface area (Å²) in [6.07, 6.45) is 62.1. The van der Waals surface area contributed by atoms with Gasteiger partial charge in [-0.2, -0.15) is 0 Å². The van der Waals surface area contributed by atoms with Crippen molar-refractivity contribution in [3.8, 4) is 0 Å². The quantitative estimate of drug-likeness (QED) is 0.0228. The maximum atomic E-state index is 13.2. The van der Waals surface area contributed by atoms with Crippen molar-refractivity contribution in [3.63, 3.8) is 0 Å². The molecule has 1 rings (SSSR count). The molecule has 0 aliphatic carbocycles. The van der Waals surface area contributed by atoms with Gasteiger partial charge in [0.25, 0.3) is 0 Å². The van der Waals surface area contributed by atoms with E-state index in [1.807, 2.05) is 0 Å².